The molecule has 5 nitrogen and oxygen atoms in total. The largest absolute Gasteiger partial charge is 0.480 e. The highest BCUT2D eigenvalue weighted by molar-refractivity contribution is 5.73. The van der Waals surface area contributed by atoms with Crippen molar-refractivity contribution in [1.29, 1.82) is 0 Å². The molecule has 3 rings (SSSR count). The van der Waals surface area contributed by atoms with Crippen molar-refractivity contribution in [3.63, 3.8) is 0 Å². The maximum absolute atomic E-state index is 12.9. The molecule has 0 spiro atoms. The lowest BCUT2D eigenvalue weighted by atomic mass is 10.2. The van der Waals surface area contributed by atoms with Crippen LogP contribution in [0.3, 0.4) is 0 Å². The molecule has 21 heavy (non-hydrogen) atoms. The van der Waals surface area contributed by atoms with Crippen LogP contribution in [0.1, 0.15) is 18.4 Å². The number of carboxylic acid groups (broad SMARTS) is 1. The highest BCUT2D eigenvalue weighted by Crippen LogP contribution is 2.20. The maximum atomic E-state index is 12.9. The topological polar surface area (TPSA) is 58.4 Å². The van der Waals surface area contributed by atoms with E-state index in [-0.39, 0.29) is 5.82 Å². The van der Waals surface area contributed by atoms with E-state index >= 15 is 0 Å². The average molecular weight is 289 g/mol. The van der Waals surface area contributed by atoms with Gasteiger partial charge in [-0.1, -0.05) is 0 Å². The quantitative estimate of drug-likeness (QED) is 0.936. The number of rotatable bonds is 4. The Morgan fingerprint density at radius 2 is 2.14 bits per heavy atom. The van der Waals surface area contributed by atoms with Crippen molar-refractivity contribution in [2.75, 3.05) is 6.54 Å². The zero-order valence-electron chi connectivity index (χ0n) is 11.4. The van der Waals surface area contributed by atoms with Crippen LogP contribution in [0.15, 0.2) is 36.7 Å². The summed E-state index contributed by atoms with van der Waals surface area (Å²) in [6.45, 7) is 1.36. The van der Waals surface area contributed by atoms with Crippen LogP contribution < -0.4 is 0 Å². The number of carbonyl (C=O) groups is 1. The summed E-state index contributed by atoms with van der Waals surface area (Å²) >= 11 is 0. The van der Waals surface area contributed by atoms with Gasteiger partial charge in [0.05, 0.1) is 11.9 Å². The molecule has 0 bridgehead atoms. The lowest BCUT2D eigenvalue weighted by Crippen LogP contribution is -2.35. The van der Waals surface area contributed by atoms with Gasteiger partial charge < -0.3 is 5.11 Å². The van der Waals surface area contributed by atoms with Crippen molar-refractivity contribution in [2.45, 2.75) is 25.4 Å². The third kappa shape index (κ3) is 2.95. The molecule has 1 aliphatic rings. The minimum Gasteiger partial charge on any atom is -0.480 e. The first-order chi connectivity index (χ1) is 10.1. The van der Waals surface area contributed by atoms with Gasteiger partial charge in [0.25, 0.3) is 0 Å². The van der Waals surface area contributed by atoms with E-state index in [1.165, 1.54) is 12.1 Å². The van der Waals surface area contributed by atoms with Gasteiger partial charge in [-0.15, -0.1) is 0 Å². The van der Waals surface area contributed by atoms with E-state index in [4.69, 9.17) is 0 Å². The van der Waals surface area contributed by atoms with E-state index in [0.29, 0.717) is 13.0 Å². The molecule has 1 aromatic heterocycles. The zero-order valence-corrected chi connectivity index (χ0v) is 11.4. The van der Waals surface area contributed by atoms with Crippen LogP contribution in [-0.4, -0.2) is 38.3 Å². The number of carboxylic acids is 1. The van der Waals surface area contributed by atoms with Gasteiger partial charge >= 0.3 is 5.97 Å². The summed E-state index contributed by atoms with van der Waals surface area (Å²) in [5.41, 5.74) is 1.73. The Hall–Kier alpha value is -2.21. The van der Waals surface area contributed by atoms with Crippen LogP contribution in [-0.2, 0) is 11.3 Å². The Bertz CT molecular complexity index is 639. The van der Waals surface area contributed by atoms with Crippen molar-refractivity contribution in [3.05, 3.63) is 48.0 Å². The molecule has 0 amide bonds. The fraction of sp³-hybridized carbons (Fsp3) is 0.333. The zero-order chi connectivity index (χ0) is 14.8. The fourth-order valence-electron chi connectivity index (χ4n) is 2.71. The summed E-state index contributed by atoms with van der Waals surface area (Å²) in [7, 11) is 0. The third-order valence-electron chi connectivity index (χ3n) is 3.76. The highest BCUT2D eigenvalue weighted by atomic mass is 19.1. The molecule has 0 unspecified atom stereocenters. The normalized spacial score (nSPS) is 19.0. The second kappa shape index (κ2) is 5.65. The smallest absolute Gasteiger partial charge is 0.320 e. The Labute approximate surface area is 121 Å². The van der Waals surface area contributed by atoms with Crippen LogP contribution in [0.2, 0.25) is 0 Å². The molecule has 1 saturated heterocycles. The van der Waals surface area contributed by atoms with Crippen LogP contribution in [0, 0.1) is 5.82 Å². The third-order valence-corrected chi connectivity index (χ3v) is 3.76. The van der Waals surface area contributed by atoms with Crippen molar-refractivity contribution < 1.29 is 14.3 Å². The van der Waals surface area contributed by atoms with Crippen LogP contribution >= 0.6 is 0 Å². The molecular formula is C15H16FN3O2. The molecule has 1 N–H and O–H groups in total. The van der Waals surface area contributed by atoms with Gasteiger partial charge in [0.1, 0.15) is 11.9 Å². The number of aliphatic carboxylic acids is 1. The molecule has 1 fully saturated rings. The van der Waals surface area contributed by atoms with Crippen molar-refractivity contribution in [2.24, 2.45) is 0 Å². The average Bonchev–Trinajstić information content (AvgIpc) is 3.09. The summed E-state index contributed by atoms with van der Waals surface area (Å²) in [6.07, 6.45) is 5.18. The highest BCUT2D eigenvalue weighted by Gasteiger charge is 2.30. The van der Waals surface area contributed by atoms with Crippen molar-refractivity contribution >= 4 is 5.97 Å². The van der Waals surface area contributed by atoms with E-state index in [1.54, 1.807) is 23.0 Å². The number of aromatic nitrogens is 2. The maximum Gasteiger partial charge on any atom is 0.320 e. The molecule has 1 aliphatic heterocycles. The van der Waals surface area contributed by atoms with E-state index in [9.17, 15) is 14.3 Å². The Morgan fingerprint density at radius 1 is 1.38 bits per heavy atom. The van der Waals surface area contributed by atoms with E-state index < -0.39 is 12.0 Å². The first-order valence-corrected chi connectivity index (χ1v) is 6.90. The molecule has 0 radical (unpaired) electrons. The van der Waals surface area contributed by atoms with Crippen LogP contribution in [0.25, 0.3) is 5.69 Å². The van der Waals surface area contributed by atoms with Gasteiger partial charge in [-0.05, 0) is 43.7 Å². The second-order valence-corrected chi connectivity index (χ2v) is 5.24. The van der Waals surface area contributed by atoms with Gasteiger partial charge in [0.2, 0.25) is 0 Å². The number of nitrogens with zero attached hydrogens (tertiary/aromatic N) is 3. The Balaban J connectivity index is 1.73. The summed E-state index contributed by atoms with van der Waals surface area (Å²) in [5.74, 6) is -1.05. The fourth-order valence-corrected chi connectivity index (χ4v) is 2.71. The summed E-state index contributed by atoms with van der Waals surface area (Å²) in [6, 6.07) is 5.68. The van der Waals surface area contributed by atoms with Crippen molar-refractivity contribution in [1.82, 2.24) is 14.7 Å². The predicted octanol–water partition coefficient (Wildman–Crippen LogP) is 2.06. The molecular weight excluding hydrogens is 273 g/mol. The molecule has 2 aromatic rings. The van der Waals surface area contributed by atoms with Crippen molar-refractivity contribution in [3.8, 4) is 5.69 Å². The first-order valence-electron chi connectivity index (χ1n) is 6.90. The van der Waals surface area contributed by atoms with Gasteiger partial charge in [0, 0.05) is 18.3 Å². The van der Waals surface area contributed by atoms with Gasteiger partial charge in [-0.3, -0.25) is 9.69 Å². The minimum atomic E-state index is -0.765. The molecule has 2 heterocycles. The second-order valence-electron chi connectivity index (χ2n) is 5.24. The van der Waals surface area contributed by atoms with E-state index in [1.807, 2.05) is 11.1 Å². The molecule has 110 valence electrons. The molecule has 0 saturated carbocycles. The van der Waals surface area contributed by atoms with E-state index in [0.717, 1.165) is 24.2 Å². The molecule has 1 aromatic carbocycles. The summed E-state index contributed by atoms with van der Waals surface area (Å²) < 4.78 is 14.6. The lowest BCUT2D eigenvalue weighted by molar-refractivity contribution is -0.142. The molecule has 0 aliphatic carbocycles. The number of benzene rings is 1. The van der Waals surface area contributed by atoms with Gasteiger partial charge in [0.15, 0.2) is 0 Å². The van der Waals surface area contributed by atoms with E-state index in [2.05, 4.69) is 5.10 Å². The lowest BCUT2D eigenvalue weighted by Gasteiger charge is -2.19. The minimum absolute atomic E-state index is 0.285. The Morgan fingerprint density at radius 3 is 2.86 bits per heavy atom. The number of halogens is 1. The molecule has 6 heteroatoms. The summed E-state index contributed by atoms with van der Waals surface area (Å²) in [4.78, 5) is 13.1. The summed E-state index contributed by atoms with van der Waals surface area (Å²) in [5, 5.41) is 13.4. The molecule has 1 atom stereocenters. The van der Waals surface area contributed by atoms with Crippen LogP contribution in [0.4, 0.5) is 4.39 Å². The number of hydrogen-bond acceptors (Lipinski definition) is 3. The SMILES string of the molecule is O=C(O)[C@H]1CCCN1Cc1cnn(-c2ccc(F)cc2)c1. The van der Waals surface area contributed by atoms with Gasteiger partial charge in [-0.2, -0.15) is 5.10 Å². The first kappa shape index (κ1) is 13.8. The van der Waals surface area contributed by atoms with Crippen LogP contribution in [0.5, 0.6) is 0 Å². The number of likely N-dealkylation sites (tertiary alicyclic amines) is 1. The predicted molar refractivity (Wildman–Crippen MR) is 74.6 cm³/mol. The number of hydrogen-bond donors (Lipinski definition) is 1. The van der Waals surface area contributed by atoms with Gasteiger partial charge in [-0.25, -0.2) is 9.07 Å². The monoisotopic (exact) mass is 289 g/mol. The Kier molecular flexibility index (Phi) is 3.70. The standard InChI is InChI=1S/C15H16FN3O2/c16-12-3-5-13(6-4-12)19-10-11(8-17-19)9-18-7-1-2-14(18)15(20)21/h3-6,8,10,14H,1-2,7,9H2,(H,20,21)/t14-/m1/s1.